The lowest BCUT2D eigenvalue weighted by molar-refractivity contribution is 1.11. The van der Waals surface area contributed by atoms with E-state index in [2.05, 4.69) is 80.6 Å². The van der Waals surface area contributed by atoms with Crippen molar-refractivity contribution >= 4 is 27.5 Å². The van der Waals surface area contributed by atoms with Crippen LogP contribution in [0.2, 0.25) is 0 Å². The summed E-state index contributed by atoms with van der Waals surface area (Å²) in [6.07, 6.45) is 2.30. The number of fused-ring (bicyclic) bond motifs is 2. The van der Waals surface area contributed by atoms with Crippen molar-refractivity contribution < 1.29 is 0 Å². The molecule has 0 fully saturated rings. The fraction of sp³-hybridized carbons (Fsp3) is 0.294. The Morgan fingerprint density at radius 1 is 0.857 bits per heavy atom. The van der Waals surface area contributed by atoms with Crippen molar-refractivity contribution in [2.45, 2.75) is 4.90 Å². The molecule has 21 heavy (non-hydrogen) atoms. The zero-order valence-corrected chi connectivity index (χ0v) is 14.0. The predicted octanol–water partition coefficient (Wildman–Crippen LogP) is 3.29. The molecule has 1 aliphatic heterocycles. The Bertz CT molecular complexity index is 822. The van der Waals surface area contributed by atoms with E-state index < -0.39 is 0 Å². The summed E-state index contributed by atoms with van der Waals surface area (Å²) in [5, 5.41) is 1.11. The Morgan fingerprint density at radius 2 is 1.48 bits per heavy atom. The second-order valence-corrected chi connectivity index (χ2v) is 7.62. The van der Waals surface area contributed by atoms with Gasteiger partial charge in [0, 0.05) is 49.0 Å². The van der Waals surface area contributed by atoms with Gasteiger partial charge >= 0.3 is 0 Å². The summed E-state index contributed by atoms with van der Waals surface area (Å²) >= 11 is 0. The predicted molar refractivity (Wildman–Crippen MR) is 93.0 cm³/mol. The third-order valence-corrected chi connectivity index (χ3v) is 5.79. The first kappa shape index (κ1) is 14.1. The van der Waals surface area contributed by atoms with E-state index in [9.17, 15) is 0 Å². The van der Waals surface area contributed by atoms with Crippen LogP contribution in [-0.4, -0.2) is 34.4 Å². The fourth-order valence-corrected chi connectivity index (χ4v) is 4.17. The zero-order chi connectivity index (χ0) is 15.1. The van der Waals surface area contributed by atoms with Crippen LogP contribution in [0.5, 0.6) is 0 Å². The average molecular weight is 299 g/mol. The third-order valence-electron chi connectivity index (χ3n) is 3.82. The molecule has 1 heterocycles. The lowest BCUT2D eigenvalue weighted by atomic mass is 10.2. The molecule has 2 aromatic carbocycles. The van der Waals surface area contributed by atoms with Gasteiger partial charge in [0.25, 0.3) is 0 Å². The smallest absolute Gasteiger partial charge is 0.0770 e. The fourth-order valence-electron chi connectivity index (χ4n) is 2.49. The summed E-state index contributed by atoms with van der Waals surface area (Å²) in [5.74, 6) is 0. The van der Waals surface area contributed by atoms with Crippen LogP contribution in [0.25, 0.3) is 0 Å². The van der Waals surface area contributed by atoms with Gasteiger partial charge in [0.2, 0.25) is 0 Å². The first-order valence-electron chi connectivity index (χ1n) is 6.98. The molecule has 110 valence electrons. The molecule has 0 radical (unpaired) electrons. The topological polar surface area (TPSA) is 18.8 Å². The second kappa shape index (κ2) is 5.19. The Kier molecular flexibility index (Phi) is 3.49. The molecule has 4 heteroatoms. The maximum Gasteiger partial charge on any atom is 0.0770 e. The maximum atomic E-state index is 4.83. The van der Waals surface area contributed by atoms with Gasteiger partial charge in [0.05, 0.1) is 11.0 Å². The molecule has 0 aliphatic carbocycles. The van der Waals surface area contributed by atoms with Crippen LogP contribution < -0.4 is 15.2 Å². The Balaban J connectivity index is 2.27. The van der Waals surface area contributed by atoms with Gasteiger partial charge in [-0.3, -0.25) is 0 Å². The van der Waals surface area contributed by atoms with E-state index >= 15 is 0 Å². The maximum absolute atomic E-state index is 4.83. The van der Waals surface area contributed by atoms with Crippen LogP contribution >= 0.6 is 10.5 Å². The summed E-state index contributed by atoms with van der Waals surface area (Å²) < 4.78 is 1.34. The van der Waals surface area contributed by atoms with Gasteiger partial charge in [-0.2, -0.15) is 0 Å². The summed E-state index contributed by atoms with van der Waals surface area (Å²) in [4.78, 5) is 10.5. The van der Waals surface area contributed by atoms with Gasteiger partial charge in [-0.05, 0) is 42.7 Å². The molecule has 0 N–H and O–H groups in total. The third kappa shape index (κ3) is 2.44. The molecule has 2 aromatic rings. The SMILES string of the molecule is CN(C)c1ccc2c(c1)S(C)=c1cc(N(C)C)ccc1=N2. The van der Waals surface area contributed by atoms with Crippen molar-refractivity contribution in [3.63, 3.8) is 0 Å². The number of hydrogen-bond acceptors (Lipinski definition) is 3. The second-order valence-electron chi connectivity index (χ2n) is 5.72. The van der Waals surface area contributed by atoms with Gasteiger partial charge in [-0.15, -0.1) is 10.5 Å². The van der Waals surface area contributed by atoms with Crippen molar-refractivity contribution in [3.8, 4) is 0 Å². The monoisotopic (exact) mass is 299 g/mol. The highest BCUT2D eigenvalue weighted by molar-refractivity contribution is 8.09. The van der Waals surface area contributed by atoms with E-state index in [1.165, 1.54) is 20.8 Å². The van der Waals surface area contributed by atoms with Crippen molar-refractivity contribution in [3.05, 3.63) is 46.3 Å². The normalized spacial score (nSPS) is 15.8. The minimum Gasteiger partial charge on any atom is -0.378 e. The molecule has 0 bridgehead atoms. The van der Waals surface area contributed by atoms with E-state index in [0.717, 1.165) is 11.0 Å². The minimum absolute atomic E-state index is 0.0592. The van der Waals surface area contributed by atoms with Gasteiger partial charge in [0.15, 0.2) is 0 Å². The average Bonchev–Trinajstić information content (AvgIpc) is 2.46. The lowest BCUT2D eigenvalue weighted by Crippen LogP contribution is -2.13. The Hall–Kier alpha value is -1.81. The number of nitrogens with zero attached hydrogens (tertiary/aromatic N) is 3. The van der Waals surface area contributed by atoms with Crippen molar-refractivity contribution in [1.82, 2.24) is 0 Å². The first-order valence-corrected chi connectivity index (χ1v) is 8.61. The van der Waals surface area contributed by atoms with Crippen LogP contribution in [0, 0.1) is 4.51 Å². The van der Waals surface area contributed by atoms with Gasteiger partial charge in [-0.25, -0.2) is 4.99 Å². The van der Waals surface area contributed by atoms with Crippen molar-refractivity contribution in [2.75, 3.05) is 44.2 Å². The molecule has 0 amide bonds. The molecule has 0 aromatic heterocycles. The van der Waals surface area contributed by atoms with Gasteiger partial charge in [0.1, 0.15) is 0 Å². The zero-order valence-electron chi connectivity index (χ0n) is 13.2. The molecule has 1 atom stereocenters. The van der Waals surface area contributed by atoms with Crippen LogP contribution in [-0.2, 0) is 0 Å². The summed E-state index contributed by atoms with van der Waals surface area (Å²) in [6.45, 7) is 0. The molecule has 0 saturated carbocycles. The van der Waals surface area contributed by atoms with E-state index in [0.29, 0.717) is 0 Å². The van der Waals surface area contributed by atoms with Gasteiger partial charge < -0.3 is 9.80 Å². The number of benzene rings is 2. The Labute approximate surface area is 128 Å². The van der Waals surface area contributed by atoms with E-state index in [1.54, 1.807) is 0 Å². The summed E-state index contributed by atoms with van der Waals surface area (Å²) in [5.41, 5.74) is 3.57. The number of anilines is 2. The van der Waals surface area contributed by atoms with Crippen LogP contribution in [0.4, 0.5) is 17.1 Å². The molecule has 1 unspecified atom stereocenters. The summed E-state index contributed by atoms with van der Waals surface area (Å²) in [7, 11) is 8.37. The lowest BCUT2D eigenvalue weighted by Gasteiger charge is -2.19. The molecule has 0 spiro atoms. The van der Waals surface area contributed by atoms with E-state index in [1.807, 2.05) is 0 Å². The number of hydrogen-bond donors (Lipinski definition) is 0. The number of rotatable bonds is 2. The molecule has 1 aliphatic rings. The summed E-state index contributed by atoms with van der Waals surface area (Å²) in [6, 6.07) is 13.1. The highest BCUT2D eigenvalue weighted by Gasteiger charge is 2.11. The van der Waals surface area contributed by atoms with Crippen molar-refractivity contribution in [2.24, 2.45) is 4.99 Å². The standard InChI is InChI=1S/C17H21N3S/c1-19(2)12-6-8-14-16(10-12)21(5)17-11-13(20(3)4)7-9-15(17)18-14/h6-11H,1-5H3. The molecular formula is C17H21N3S. The Morgan fingerprint density at radius 3 is 2.14 bits per heavy atom. The molecular weight excluding hydrogens is 278 g/mol. The quantitative estimate of drug-likeness (QED) is 0.792. The molecule has 0 saturated heterocycles. The van der Waals surface area contributed by atoms with Crippen LogP contribution in [0.3, 0.4) is 0 Å². The highest BCUT2D eigenvalue weighted by atomic mass is 32.2. The highest BCUT2D eigenvalue weighted by Crippen LogP contribution is 2.39. The largest absolute Gasteiger partial charge is 0.378 e. The minimum atomic E-state index is 0.0592. The van der Waals surface area contributed by atoms with Crippen LogP contribution in [0.1, 0.15) is 0 Å². The molecule has 3 nitrogen and oxygen atoms in total. The van der Waals surface area contributed by atoms with Gasteiger partial charge in [-0.1, -0.05) is 0 Å². The van der Waals surface area contributed by atoms with E-state index in [4.69, 9.17) is 4.99 Å². The van der Waals surface area contributed by atoms with Crippen LogP contribution in [0.15, 0.2) is 46.3 Å². The van der Waals surface area contributed by atoms with Crippen molar-refractivity contribution in [1.29, 1.82) is 0 Å². The van der Waals surface area contributed by atoms with E-state index in [-0.39, 0.29) is 10.5 Å². The molecule has 3 rings (SSSR count). The first-order chi connectivity index (χ1) is 9.97.